The molecule has 1 aromatic rings. The van der Waals surface area contributed by atoms with E-state index >= 15 is 0 Å². The molecular formula is C18H27NO. The van der Waals surface area contributed by atoms with Crippen molar-refractivity contribution in [3.63, 3.8) is 0 Å². The van der Waals surface area contributed by atoms with Crippen molar-refractivity contribution in [2.45, 2.75) is 64.1 Å². The first-order valence-electron chi connectivity index (χ1n) is 8.00. The third kappa shape index (κ3) is 2.64. The highest BCUT2D eigenvalue weighted by molar-refractivity contribution is 5.30. The van der Waals surface area contributed by atoms with Gasteiger partial charge in [0.25, 0.3) is 0 Å². The molecule has 0 saturated carbocycles. The molecule has 0 amide bonds. The van der Waals surface area contributed by atoms with Crippen molar-refractivity contribution in [2.24, 2.45) is 5.92 Å². The third-order valence-corrected chi connectivity index (χ3v) is 5.70. The number of hydrogen-bond acceptors (Lipinski definition) is 2. The Morgan fingerprint density at radius 1 is 1.15 bits per heavy atom. The van der Waals surface area contributed by atoms with Crippen molar-refractivity contribution < 1.29 is 5.11 Å². The molecule has 3 atom stereocenters. The van der Waals surface area contributed by atoms with Crippen molar-refractivity contribution in [3.8, 4) is 0 Å². The molecule has 3 rings (SSSR count). The Morgan fingerprint density at radius 3 is 2.40 bits per heavy atom. The number of rotatable bonds is 3. The van der Waals surface area contributed by atoms with Crippen LogP contribution in [0, 0.1) is 19.8 Å². The number of nitrogens with zero attached hydrogens (tertiary/aromatic N) is 1. The van der Waals surface area contributed by atoms with Gasteiger partial charge in [0.1, 0.15) is 0 Å². The van der Waals surface area contributed by atoms with E-state index in [0.29, 0.717) is 18.0 Å². The summed E-state index contributed by atoms with van der Waals surface area (Å²) in [6, 6.07) is 8.02. The maximum absolute atomic E-state index is 10.6. The normalized spacial score (nSPS) is 31.5. The van der Waals surface area contributed by atoms with Gasteiger partial charge in [0, 0.05) is 12.1 Å². The summed E-state index contributed by atoms with van der Waals surface area (Å²) in [6.45, 7) is 4.30. The minimum absolute atomic E-state index is 0.172. The van der Waals surface area contributed by atoms with Crippen molar-refractivity contribution in [3.05, 3.63) is 34.9 Å². The second-order valence-electron chi connectivity index (χ2n) is 6.97. The first kappa shape index (κ1) is 14.1. The smallest absolute Gasteiger partial charge is 0.0609 e. The van der Waals surface area contributed by atoms with E-state index in [4.69, 9.17) is 0 Å². The van der Waals surface area contributed by atoms with Crippen molar-refractivity contribution in [1.82, 2.24) is 4.90 Å². The summed E-state index contributed by atoms with van der Waals surface area (Å²) < 4.78 is 0. The molecule has 0 spiro atoms. The Hall–Kier alpha value is -0.860. The lowest BCUT2D eigenvalue weighted by Crippen LogP contribution is -2.43. The molecule has 110 valence electrons. The topological polar surface area (TPSA) is 23.5 Å². The first-order chi connectivity index (χ1) is 9.54. The molecule has 0 aromatic heterocycles. The van der Waals surface area contributed by atoms with Crippen molar-refractivity contribution in [1.29, 1.82) is 0 Å². The Bertz CT molecular complexity index is 470. The zero-order valence-corrected chi connectivity index (χ0v) is 13.0. The molecule has 2 aliphatic rings. The molecular weight excluding hydrogens is 246 g/mol. The van der Waals surface area contributed by atoms with E-state index in [0.717, 1.165) is 6.42 Å². The van der Waals surface area contributed by atoms with Gasteiger partial charge in [0.2, 0.25) is 0 Å². The Balaban J connectivity index is 1.65. The van der Waals surface area contributed by atoms with Gasteiger partial charge in [0.05, 0.1) is 6.10 Å². The monoisotopic (exact) mass is 273 g/mol. The molecule has 2 bridgehead atoms. The summed E-state index contributed by atoms with van der Waals surface area (Å²) in [5.74, 6) is 0.491. The van der Waals surface area contributed by atoms with Crippen LogP contribution in [0.5, 0.6) is 0 Å². The van der Waals surface area contributed by atoms with Crippen LogP contribution in [0.3, 0.4) is 0 Å². The van der Waals surface area contributed by atoms with Gasteiger partial charge in [-0.1, -0.05) is 18.2 Å². The largest absolute Gasteiger partial charge is 0.392 e. The van der Waals surface area contributed by atoms with Crippen LogP contribution in [0.4, 0.5) is 0 Å². The van der Waals surface area contributed by atoms with Crippen LogP contribution >= 0.6 is 0 Å². The fourth-order valence-corrected chi connectivity index (χ4v) is 4.11. The molecule has 1 N–H and O–H groups in total. The predicted molar refractivity (Wildman–Crippen MR) is 82.9 cm³/mol. The summed E-state index contributed by atoms with van der Waals surface area (Å²) in [5, 5.41) is 10.6. The molecule has 20 heavy (non-hydrogen) atoms. The number of aliphatic hydroxyl groups is 1. The lowest BCUT2D eigenvalue weighted by Gasteiger charge is -2.38. The fraction of sp³-hybridized carbons (Fsp3) is 0.667. The first-order valence-corrected chi connectivity index (χ1v) is 8.00. The summed E-state index contributed by atoms with van der Waals surface area (Å²) in [4.78, 5) is 2.54. The van der Waals surface area contributed by atoms with Gasteiger partial charge in [-0.15, -0.1) is 0 Å². The molecule has 2 heteroatoms. The third-order valence-electron chi connectivity index (χ3n) is 5.70. The number of aliphatic hydroxyl groups excluding tert-OH is 1. The van der Waals surface area contributed by atoms with E-state index < -0.39 is 0 Å². The van der Waals surface area contributed by atoms with Crippen LogP contribution in [0.15, 0.2) is 18.2 Å². The number of aryl methyl sites for hydroxylation is 2. The van der Waals surface area contributed by atoms with Crippen molar-refractivity contribution in [2.75, 3.05) is 7.05 Å². The Labute approximate surface area is 122 Å². The number of fused-ring (bicyclic) bond motifs is 2. The van der Waals surface area contributed by atoms with Crippen LogP contribution in [0.25, 0.3) is 0 Å². The molecule has 2 saturated heterocycles. The van der Waals surface area contributed by atoms with Gasteiger partial charge < -0.3 is 10.0 Å². The Kier molecular flexibility index (Phi) is 3.87. The SMILES string of the molecule is Cc1ccc(CC(O)C2CC3CCC(C2)N3C)cc1C. The second kappa shape index (κ2) is 5.50. The fourth-order valence-electron chi connectivity index (χ4n) is 4.11. The van der Waals surface area contributed by atoms with Gasteiger partial charge in [-0.2, -0.15) is 0 Å². The molecule has 0 aliphatic carbocycles. The lowest BCUT2D eigenvalue weighted by atomic mass is 9.84. The van der Waals surface area contributed by atoms with E-state index in [9.17, 15) is 5.11 Å². The van der Waals surface area contributed by atoms with Crippen LogP contribution in [-0.2, 0) is 6.42 Å². The van der Waals surface area contributed by atoms with Crippen LogP contribution in [-0.4, -0.2) is 35.2 Å². The highest BCUT2D eigenvalue weighted by Crippen LogP contribution is 2.39. The number of piperidine rings is 1. The van der Waals surface area contributed by atoms with E-state index in [1.807, 2.05) is 0 Å². The zero-order valence-electron chi connectivity index (χ0n) is 13.0. The minimum Gasteiger partial charge on any atom is -0.392 e. The summed E-state index contributed by atoms with van der Waals surface area (Å²) in [5.41, 5.74) is 3.95. The molecule has 1 aromatic carbocycles. The highest BCUT2D eigenvalue weighted by Gasteiger charge is 2.40. The zero-order chi connectivity index (χ0) is 14.3. The van der Waals surface area contributed by atoms with Gasteiger partial charge in [-0.05, 0) is 75.6 Å². The van der Waals surface area contributed by atoms with Gasteiger partial charge in [0.15, 0.2) is 0 Å². The summed E-state index contributed by atoms with van der Waals surface area (Å²) >= 11 is 0. The highest BCUT2D eigenvalue weighted by atomic mass is 16.3. The molecule has 2 nitrogen and oxygen atoms in total. The maximum atomic E-state index is 10.6. The second-order valence-corrected chi connectivity index (χ2v) is 6.97. The standard InChI is InChI=1S/C18H27NO/c1-12-4-5-14(8-13(12)2)9-18(20)15-10-16-6-7-17(11-15)19(16)3/h4-5,8,15-18,20H,6-7,9-11H2,1-3H3. The molecule has 2 fully saturated rings. The van der Waals surface area contributed by atoms with Crippen molar-refractivity contribution >= 4 is 0 Å². The van der Waals surface area contributed by atoms with E-state index in [1.165, 1.54) is 42.4 Å². The molecule has 2 heterocycles. The quantitative estimate of drug-likeness (QED) is 0.915. The average Bonchev–Trinajstić information content (AvgIpc) is 2.65. The number of benzene rings is 1. The lowest BCUT2D eigenvalue weighted by molar-refractivity contribution is 0.0368. The number of hydrogen-bond donors (Lipinski definition) is 1. The summed E-state index contributed by atoms with van der Waals surface area (Å²) in [7, 11) is 2.26. The Morgan fingerprint density at radius 2 is 1.80 bits per heavy atom. The van der Waals surface area contributed by atoms with Gasteiger partial charge in [-0.3, -0.25) is 0 Å². The molecule has 0 radical (unpaired) electrons. The van der Waals surface area contributed by atoms with Crippen LogP contribution in [0.2, 0.25) is 0 Å². The minimum atomic E-state index is -0.172. The van der Waals surface area contributed by atoms with Crippen LogP contribution in [0.1, 0.15) is 42.4 Å². The molecule has 3 unspecified atom stereocenters. The van der Waals surface area contributed by atoms with Crippen LogP contribution < -0.4 is 0 Å². The summed E-state index contributed by atoms with van der Waals surface area (Å²) in [6.07, 6.45) is 5.66. The molecule has 2 aliphatic heterocycles. The van der Waals surface area contributed by atoms with E-state index in [1.54, 1.807) is 0 Å². The van der Waals surface area contributed by atoms with Gasteiger partial charge in [-0.25, -0.2) is 0 Å². The average molecular weight is 273 g/mol. The maximum Gasteiger partial charge on any atom is 0.0609 e. The van der Waals surface area contributed by atoms with E-state index in [-0.39, 0.29) is 6.10 Å². The predicted octanol–water partition coefficient (Wildman–Crippen LogP) is 3.08. The van der Waals surface area contributed by atoms with Gasteiger partial charge >= 0.3 is 0 Å². The van der Waals surface area contributed by atoms with E-state index in [2.05, 4.69) is 44.0 Å².